The van der Waals surface area contributed by atoms with E-state index in [0.29, 0.717) is 5.76 Å². The summed E-state index contributed by atoms with van der Waals surface area (Å²) in [5.41, 5.74) is 1.74. The molecule has 0 saturated heterocycles. The monoisotopic (exact) mass is 382 g/mol. The molecular weight excluding hydrogens is 371 g/mol. The van der Waals surface area contributed by atoms with Crippen LogP contribution in [0.1, 0.15) is 0 Å². The van der Waals surface area contributed by atoms with E-state index in [1.54, 1.807) is 6.26 Å². The summed E-state index contributed by atoms with van der Waals surface area (Å²) in [6, 6.07) is 15.7. The van der Waals surface area contributed by atoms with Gasteiger partial charge in [-0.05, 0) is 40.8 Å². The fraction of sp³-hybridized carbons (Fsp3) is 0.0667. The van der Waals surface area contributed by atoms with Gasteiger partial charge in [-0.2, -0.15) is 0 Å². The lowest BCUT2D eigenvalue weighted by Gasteiger charge is -1.99. The van der Waals surface area contributed by atoms with E-state index in [9.17, 15) is 4.21 Å². The maximum atomic E-state index is 12.1. The molecule has 0 saturated carbocycles. The summed E-state index contributed by atoms with van der Waals surface area (Å²) in [7, 11) is -1.09. The van der Waals surface area contributed by atoms with Crippen molar-refractivity contribution in [3.63, 3.8) is 0 Å². The molecule has 1 atom stereocenters. The number of furan rings is 1. The first-order valence-electron chi connectivity index (χ1n) is 5.77. The van der Waals surface area contributed by atoms with Gasteiger partial charge >= 0.3 is 0 Å². The molecule has 0 aliphatic carbocycles. The standard InChI is InChI=1S/C15H11IO2S/c1-19(17)15-12-9-11(16)7-8-13(12)18-14(15)10-5-3-2-4-6-10/h2-9H,1H3. The second-order valence-electron chi connectivity index (χ2n) is 4.22. The van der Waals surface area contributed by atoms with Gasteiger partial charge in [-0.1, -0.05) is 30.3 Å². The smallest absolute Gasteiger partial charge is 0.151 e. The minimum Gasteiger partial charge on any atom is -0.455 e. The predicted molar refractivity (Wildman–Crippen MR) is 86.7 cm³/mol. The van der Waals surface area contributed by atoms with Crippen molar-refractivity contribution in [1.82, 2.24) is 0 Å². The number of rotatable bonds is 2. The molecule has 0 spiro atoms. The van der Waals surface area contributed by atoms with E-state index in [-0.39, 0.29) is 0 Å². The molecule has 0 radical (unpaired) electrons. The second-order valence-corrected chi connectivity index (χ2v) is 6.78. The Labute approximate surface area is 127 Å². The number of benzene rings is 2. The third-order valence-electron chi connectivity index (χ3n) is 2.93. The van der Waals surface area contributed by atoms with Crippen LogP contribution in [0.4, 0.5) is 0 Å². The normalized spacial score (nSPS) is 12.7. The topological polar surface area (TPSA) is 30.2 Å². The highest BCUT2D eigenvalue weighted by Crippen LogP contribution is 2.36. The van der Waals surface area contributed by atoms with Gasteiger partial charge in [0.05, 0.1) is 15.7 Å². The highest BCUT2D eigenvalue weighted by molar-refractivity contribution is 14.1. The Morgan fingerprint density at radius 2 is 1.84 bits per heavy atom. The van der Waals surface area contributed by atoms with Crippen molar-refractivity contribution in [3.8, 4) is 11.3 Å². The van der Waals surface area contributed by atoms with Crippen molar-refractivity contribution < 1.29 is 8.63 Å². The zero-order chi connectivity index (χ0) is 13.4. The Kier molecular flexibility index (Phi) is 3.45. The van der Waals surface area contributed by atoms with Crippen LogP contribution in [0.3, 0.4) is 0 Å². The van der Waals surface area contributed by atoms with Crippen LogP contribution in [0, 0.1) is 3.57 Å². The molecule has 3 rings (SSSR count). The molecule has 0 amide bonds. The molecule has 0 N–H and O–H groups in total. The van der Waals surface area contributed by atoms with Crippen LogP contribution in [-0.2, 0) is 10.8 Å². The van der Waals surface area contributed by atoms with Crippen LogP contribution in [0.2, 0.25) is 0 Å². The zero-order valence-corrected chi connectivity index (χ0v) is 13.2. The molecule has 2 nitrogen and oxygen atoms in total. The van der Waals surface area contributed by atoms with Crippen LogP contribution < -0.4 is 0 Å². The second kappa shape index (κ2) is 5.09. The van der Waals surface area contributed by atoms with E-state index >= 15 is 0 Å². The Morgan fingerprint density at radius 1 is 1.11 bits per heavy atom. The van der Waals surface area contributed by atoms with E-state index in [1.165, 1.54) is 0 Å². The fourth-order valence-corrected chi connectivity index (χ4v) is 3.49. The third-order valence-corrected chi connectivity index (χ3v) is 4.58. The molecular formula is C15H11IO2S. The average molecular weight is 382 g/mol. The van der Waals surface area contributed by atoms with Crippen molar-refractivity contribution >= 4 is 44.4 Å². The van der Waals surface area contributed by atoms with Gasteiger partial charge < -0.3 is 4.42 Å². The SMILES string of the molecule is CS(=O)c1c(-c2ccccc2)oc2ccc(I)cc12. The summed E-state index contributed by atoms with van der Waals surface area (Å²) in [6.07, 6.45) is 1.69. The first-order valence-corrected chi connectivity index (χ1v) is 8.41. The summed E-state index contributed by atoms with van der Waals surface area (Å²) in [4.78, 5) is 0.778. The minimum atomic E-state index is -1.09. The number of halogens is 1. The third kappa shape index (κ3) is 2.34. The average Bonchev–Trinajstić information content (AvgIpc) is 2.78. The van der Waals surface area contributed by atoms with Gasteiger partial charge in [-0.3, -0.25) is 4.21 Å². The molecule has 1 aromatic heterocycles. The number of fused-ring (bicyclic) bond motifs is 1. The van der Waals surface area contributed by atoms with Gasteiger partial charge in [0, 0.05) is 20.8 Å². The first-order chi connectivity index (χ1) is 9.16. The molecule has 96 valence electrons. The first kappa shape index (κ1) is 12.9. The molecule has 0 fully saturated rings. The van der Waals surface area contributed by atoms with Gasteiger partial charge in [-0.15, -0.1) is 0 Å². The molecule has 19 heavy (non-hydrogen) atoms. The van der Waals surface area contributed by atoms with E-state index < -0.39 is 10.8 Å². The highest BCUT2D eigenvalue weighted by atomic mass is 127. The van der Waals surface area contributed by atoms with Crippen LogP contribution in [0.5, 0.6) is 0 Å². The highest BCUT2D eigenvalue weighted by Gasteiger charge is 2.18. The maximum absolute atomic E-state index is 12.1. The molecule has 4 heteroatoms. The van der Waals surface area contributed by atoms with Crippen LogP contribution in [-0.4, -0.2) is 10.5 Å². The largest absolute Gasteiger partial charge is 0.455 e. The minimum absolute atomic E-state index is 0.707. The molecule has 2 aromatic carbocycles. The van der Waals surface area contributed by atoms with Crippen molar-refractivity contribution in [1.29, 1.82) is 0 Å². The zero-order valence-electron chi connectivity index (χ0n) is 10.2. The fourth-order valence-electron chi connectivity index (χ4n) is 2.11. The Balaban J connectivity index is 2.36. The molecule has 3 aromatic rings. The Hall–Kier alpha value is -1.14. The van der Waals surface area contributed by atoms with Crippen LogP contribution >= 0.6 is 22.6 Å². The summed E-state index contributed by atoms with van der Waals surface area (Å²) < 4.78 is 19.1. The number of hydrogen-bond donors (Lipinski definition) is 0. The Bertz CT molecular complexity index is 762. The predicted octanol–water partition coefficient (Wildman–Crippen LogP) is 4.44. The van der Waals surface area contributed by atoms with Crippen LogP contribution in [0.15, 0.2) is 57.8 Å². The summed E-state index contributed by atoms with van der Waals surface area (Å²) in [6.45, 7) is 0. The van der Waals surface area contributed by atoms with Crippen molar-refractivity contribution in [3.05, 3.63) is 52.1 Å². The van der Waals surface area contributed by atoms with Gasteiger partial charge in [-0.25, -0.2) is 0 Å². The lowest BCUT2D eigenvalue weighted by molar-refractivity contribution is 0.622. The summed E-state index contributed by atoms with van der Waals surface area (Å²) in [5.74, 6) is 0.707. The van der Waals surface area contributed by atoms with E-state index in [4.69, 9.17) is 4.42 Å². The summed E-state index contributed by atoms with van der Waals surface area (Å²) >= 11 is 2.25. The van der Waals surface area contributed by atoms with Crippen LogP contribution in [0.25, 0.3) is 22.3 Å². The van der Waals surface area contributed by atoms with E-state index in [0.717, 1.165) is 25.0 Å². The van der Waals surface area contributed by atoms with E-state index in [1.807, 2.05) is 48.5 Å². The lowest BCUT2D eigenvalue weighted by atomic mass is 10.1. The van der Waals surface area contributed by atoms with Crippen molar-refractivity contribution in [2.24, 2.45) is 0 Å². The Morgan fingerprint density at radius 3 is 2.53 bits per heavy atom. The number of hydrogen-bond acceptors (Lipinski definition) is 2. The van der Waals surface area contributed by atoms with Gasteiger partial charge in [0.25, 0.3) is 0 Å². The molecule has 0 aliphatic rings. The van der Waals surface area contributed by atoms with Gasteiger partial charge in [0.15, 0.2) is 5.76 Å². The quantitative estimate of drug-likeness (QED) is 0.614. The molecule has 0 aliphatic heterocycles. The molecule has 1 unspecified atom stereocenters. The van der Waals surface area contributed by atoms with Gasteiger partial charge in [0.2, 0.25) is 0 Å². The maximum Gasteiger partial charge on any atom is 0.151 e. The molecule has 0 bridgehead atoms. The summed E-state index contributed by atoms with van der Waals surface area (Å²) in [5, 5.41) is 0.937. The van der Waals surface area contributed by atoms with Crippen molar-refractivity contribution in [2.45, 2.75) is 4.90 Å². The van der Waals surface area contributed by atoms with E-state index in [2.05, 4.69) is 22.6 Å². The lowest BCUT2D eigenvalue weighted by Crippen LogP contribution is -1.89. The van der Waals surface area contributed by atoms with Gasteiger partial charge in [0.1, 0.15) is 5.58 Å². The molecule has 1 heterocycles. The van der Waals surface area contributed by atoms with Crippen molar-refractivity contribution in [2.75, 3.05) is 6.26 Å².